The first-order valence-electron chi connectivity index (χ1n) is 6.80. The third-order valence-electron chi connectivity index (χ3n) is 3.94. The molecule has 2 rings (SSSR count). The molecule has 0 radical (unpaired) electrons. The van der Waals surface area contributed by atoms with E-state index in [1.807, 2.05) is 7.05 Å². The topological polar surface area (TPSA) is 58.6 Å². The van der Waals surface area contributed by atoms with E-state index < -0.39 is 10.0 Å². The van der Waals surface area contributed by atoms with Crippen LogP contribution in [0.5, 0.6) is 5.75 Å². The molecule has 1 aromatic rings. The Labute approximate surface area is 121 Å². The van der Waals surface area contributed by atoms with Crippen molar-refractivity contribution in [2.75, 3.05) is 27.2 Å². The molecule has 5 nitrogen and oxygen atoms in total. The molecule has 1 aliphatic rings. The number of sulfonamides is 1. The zero-order valence-corrected chi connectivity index (χ0v) is 13.0. The van der Waals surface area contributed by atoms with Crippen molar-refractivity contribution in [3.8, 4) is 5.75 Å². The fraction of sp³-hybridized carbons (Fsp3) is 0.571. The number of rotatable bonds is 4. The van der Waals surface area contributed by atoms with Gasteiger partial charge in [0.05, 0.1) is 12.0 Å². The summed E-state index contributed by atoms with van der Waals surface area (Å²) in [6, 6.07) is 6.94. The highest BCUT2D eigenvalue weighted by molar-refractivity contribution is 7.89. The van der Waals surface area contributed by atoms with Gasteiger partial charge in [0.1, 0.15) is 5.75 Å². The lowest BCUT2D eigenvalue weighted by Crippen LogP contribution is -2.49. The molecule has 0 spiro atoms. The molecule has 20 heavy (non-hydrogen) atoms. The summed E-state index contributed by atoms with van der Waals surface area (Å²) in [5.74, 6) is 0.966. The minimum atomic E-state index is -3.40. The maximum absolute atomic E-state index is 12.6. The Morgan fingerprint density at radius 1 is 1.30 bits per heavy atom. The van der Waals surface area contributed by atoms with Gasteiger partial charge >= 0.3 is 0 Å². The van der Waals surface area contributed by atoms with Gasteiger partial charge in [-0.2, -0.15) is 4.31 Å². The summed E-state index contributed by atoms with van der Waals surface area (Å²) in [5, 5.41) is 3.24. The summed E-state index contributed by atoms with van der Waals surface area (Å²) in [7, 11) is 0.0870. The Hall–Kier alpha value is -1.11. The van der Waals surface area contributed by atoms with Crippen molar-refractivity contribution < 1.29 is 13.2 Å². The Balaban J connectivity index is 2.18. The van der Waals surface area contributed by atoms with Crippen molar-refractivity contribution in [1.82, 2.24) is 9.62 Å². The second-order valence-corrected chi connectivity index (χ2v) is 7.14. The summed E-state index contributed by atoms with van der Waals surface area (Å²) in [5.41, 5.74) is 0. The molecule has 2 unspecified atom stereocenters. The van der Waals surface area contributed by atoms with E-state index >= 15 is 0 Å². The van der Waals surface area contributed by atoms with E-state index in [0.29, 0.717) is 35.7 Å². The normalized spacial score (nSPS) is 24.6. The van der Waals surface area contributed by atoms with Crippen molar-refractivity contribution >= 4 is 10.0 Å². The minimum absolute atomic E-state index is 0.307. The number of nitrogens with zero attached hydrogens (tertiary/aromatic N) is 1. The van der Waals surface area contributed by atoms with Crippen LogP contribution in [0.1, 0.15) is 13.3 Å². The first kappa shape index (κ1) is 15.3. The number of ether oxygens (including phenoxy) is 1. The molecular formula is C14H22N2O3S. The van der Waals surface area contributed by atoms with Gasteiger partial charge in [-0.3, -0.25) is 0 Å². The van der Waals surface area contributed by atoms with Crippen molar-refractivity contribution in [2.24, 2.45) is 5.92 Å². The first-order valence-corrected chi connectivity index (χ1v) is 8.24. The zero-order valence-electron chi connectivity index (χ0n) is 12.2. The monoisotopic (exact) mass is 298 g/mol. The summed E-state index contributed by atoms with van der Waals surface area (Å²) < 4.78 is 31.8. The van der Waals surface area contributed by atoms with Crippen LogP contribution in [-0.4, -0.2) is 46.0 Å². The average Bonchev–Trinajstić information content (AvgIpc) is 2.47. The highest BCUT2D eigenvalue weighted by Gasteiger charge is 2.32. The Morgan fingerprint density at radius 3 is 2.45 bits per heavy atom. The zero-order chi connectivity index (χ0) is 14.8. The predicted octanol–water partition coefficient (Wildman–Crippen LogP) is 1.31. The van der Waals surface area contributed by atoms with E-state index in [1.54, 1.807) is 35.7 Å². The predicted molar refractivity (Wildman–Crippen MR) is 78.4 cm³/mol. The highest BCUT2D eigenvalue weighted by Crippen LogP contribution is 2.25. The second kappa shape index (κ2) is 6.11. The van der Waals surface area contributed by atoms with Gasteiger partial charge in [-0.05, 0) is 43.7 Å². The van der Waals surface area contributed by atoms with Gasteiger partial charge in [-0.15, -0.1) is 0 Å². The first-order chi connectivity index (χ1) is 9.48. The summed E-state index contributed by atoms with van der Waals surface area (Å²) in [6.07, 6.45) is 0.840. The van der Waals surface area contributed by atoms with Crippen LogP contribution in [0.4, 0.5) is 0 Å². The summed E-state index contributed by atoms with van der Waals surface area (Å²) >= 11 is 0. The number of hydrogen-bond donors (Lipinski definition) is 1. The summed E-state index contributed by atoms with van der Waals surface area (Å²) in [6.45, 7) is 3.20. The molecule has 6 heteroatoms. The van der Waals surface area contributed by atoms with Gasteiger partial charge in [-0.1, -0.05) is 6.92 Å². The van der Waals surface area contributed by atoms with Crippen LogP contribution in [-0.2, 0) is 10.0 Å². The molecule has 0 aromatic heterocycles. The highest BCUT2D eigenvalue weighted by atomic mass is 32.2. The van der Waals surface area contributed by atoms with Gasteiger partial charge in [0.15, 0.2) is 0 Å². The third kappa shape index (κ3) is 2.97. The van der Waals surface area contributed by atoms with Gasteiger partial charge in [0.2, 0.25) is 10.0 Å². The standard InChI is InChI=1S/C14H22N2O3S/c1-11-10-16(9-8-14(11)15-2)20(17,18)13-6-4-12(19-3)5-7-13/h4-7,11,14-15H,8-10H2,1-3H3. The fourth-order valence-corrected chi connectivity index (χ4v) is 4.21. The van der Waals surface area contributed by atoms with Crippen molar-refractivity contribution in [3.05, 3.63) is 24.3 Å². The lowest BCUT2D eigenvalue weighted by Gasteiger charge is -2.35. The molecule has 1 aromatic carbocycles. The quantitative estimate of drug-likeness (QED) is 0.910. The van der Waals surface area contributed by atoms with E-state index in [9.17, 15) is 8.42 Å². The average molecular weight is 298 g/mol. The number of methoxy groups -OCH3 is 1. The van der Waals surface area contributed by atoms with Crippen molar-refractivity contribution in [2.45, 2.75) is 24.3 Å². The lowest BCUT2D eigenvalue weighted by molar-refractivity contribution is 0.228. The maximum Gasteiger partial charge on any atom is 0.243 e. The van der Waals surface area contributed by atoms with E-state index in [0.717, 1.165) is 6.42 Å². The molecule has 0 saturated carbocycles. The maximum atomic E-state index is 12.6. The van der Waals surface area contributed by atoms with Crippen molar-refractivity contribution in [3.63, 3.8) is 0 Å². The van der Waals surface area contributed by atoms with Crippen LogP contribution in [0.25, 0.3) is 0 Å². The van der Waals surface area contributed by atoms with Gasteiger partial charge < -0.3 is 10.1 Å². The SMILES string of the molecule is CNC1CCN(S(=O)(=O)c2ccc(OC)cc2)CC1C. The lowest BCUT2D eigenvalue weighted by atomic mass is 9.96. The van der Waals surface area contributed by atoms with E-state index in [2.05, 4.69) is 12.2 Å². The molecule has 112 valence electrons. The van der Waals surface area contributed by atoms with Crippen LogP contribution in [0.2, 0.25) is 0 Å². The molecule has 1 heterocycles. The van der Waals surface area contributed by atoms with Crippen molar-refractivity contribution in [1.29, 1.82) is 0 Å². The van der Waals surface area contributed by atoms with Gasteiger partial charge in [0.25, 0.3) is 0 Å². The number of benzene rings is 1. The Morgan fingerprint density at radius 2 is 1.95 bits per heavy atom. The molecule has 2 atom stereocenters. The molecular weight excluding hydrogens is 276 g/mol. The minimum Gasteiger partial charge on any atom is -0.497 e. The number of piperidine rings is 1. The van der Waals surface area contributed by atoms with Gasteiger partial charge in [0, 0.05) is 19.1 Å². The molecule has 1 fully saturated rings. The van der Waals surface area contributed by atoms with Gasteiger partial charge in [-0.25, -0.2) is 8.42 Å². The molecule has 0 bridgehead atoms. The Kier molecular flexibility index (Phi) is 4.67. The van der Waals surface area contributed by atoms with Crippen LogP contribution in [0, 0.1) is 5.92 Å². The molecule has 1 saturated heterocycles. The smallest absolute Gasteiger partial charge is 0.243 e. The Bertz CT molecular complexity index is 542. The molecule has 1 aliphatic heterocycles. The number of nitrogens with one attached hydrogen (secondary N) is 1. The molecule has 0 aliphatic carbocycles. The molecule has 0 amide bonds. The van der Waals surface area contributed by atoms with Crippen LogP contribution in [0.3, 0.4) is 0 Å². The van der Waals surface area contributed by atoms with E-state index in [1.165, 1.54) is 0 Å². The summed E-state index contributed by atoms with van der Waals surface area (Å²) in [4.78, 5) is 0.327. The third-order valence-corrected chi connectivity index (χ3v) is 5.82. The van der Waals surface area contributed by atoms with E-state index in [4.69, 9.17) is 4.74 Å². The van der Waals surface area contributed by atoms with E-state index in [-0.39, 0.29) is 0 Å². The second-order valence-electron chi connectivity index (χ2n) is 5.20. The molecule has 1 N–H and O–H groups in total. The number of hydrogen-bond acceptors (Lipinski definition) is 4. The van der Waals surface area contributed by atoms with Crippen LogP contribution < -0.4 is 10.1 Å². The van der Waals surface area contributed by atoms with Crippen LogP contribution in [0.15, 0.2) is 29.2 Å². The fourth-order valence-electron chi connectivity index (χ4n) is 2.65. The van der Waals surface area contributed by atoms with Crippen LogP contribution >= 0.6 is 0 Å². The largest absolute Gasteiger partial charge is 0.497 e.